The highest BCUT2D eigenvalue weighted by Crippen LogP contribution is 2.28. The summed E-state index contributed by atoms with van der Waals surface area (Å²) in [7, 11) is 1.92. The standard InChI is InChI=1S/C16H24O.C5H9NO2/c1-12-9-13(2)16(14(3)10-12)17-11-15-7-5-4-6-8-15;1-6-2-4(3-6)5(7)8/h9-10,15H,4-8,11H2,1-3H3;4H,2-3H2,1H3,(H,7,8). The number of hydrogen-bond acceptors (Lipinski definition) is 3. The Morgan fingerprint density at radius 1 is 1.12 bits per heavy atom. The van der Waals surface area contributed by atoms with Gasteiger partial charge in [-0.2, -0.15) is 0 Å². The molecule has 3 rings (SSSR count). The number of benzene rings is 1. The van der Waals surface area contributed by atoms with Crippen LogP contribution >= 0.6 is 0 Å². The maximum absolute atomic E-state index is 10.1. The minimum Gasteiger partial charge on any atom is -0.493 e. The van der Waals surface area contributed by atoms with Gasteiger partial charge in [-0.25, -0.2) is 0 Å². The summed E-state index contributed by atoms with van der Waals surface area (Å²) in [6.45, 7) is 8.78. The van der Waals surface area contributed by atoms with Crippen molar-refractivity contribution < 1.29 is 14.6 Å². The number of nitrogens with zero attached hydrogens (tertiary/aromatic N) is 1. The Labute approximate surface area is 152 Å². The lowest BCUT2D eigenvalue weighted by molar-refractivity contribution is -0.146. The summed E-state index contributed by atoms with van der Waals surface area (Å²) < 4.78 is 6.06. The van der Waals surface area contributed by atoms with E-state index in [4.69, 9.17) is 9.84 Å². The molecule has 0 radical (unpaired) electrons. The monoisotopic (exact) mass is 347 g/mol. The van der Waals surface area contributed by atoms with Crippen molar-refractivity contribution in [2.45, 2.75) is 52.9 Å². The minimum atomic E-state index is -0.664. The van der Waals surface area contributed by atoms with E-state index in [9.17, 15) is 4.79 Å². The zero-order valence-electron chi connectivity index (χ0n) is 16.2. The van der Waals surface area contributed by atoms with Gasteiger partial charge in [0, 0.05) is 13.1 Å². The molecule has 0 atom stereocenters. The van der Waals surface area contributed by atoms with E-state index in [2.05, 4.69) is 32.9 Å². The van der Waals surface area contributed by atoms with Crippen molar-refractivity contribution in [2.75, 3.05) is 26.7 Å². The van der Waals surface area contributed by atoms with Gasteiger partial charge in [0.05, 0.1) is 12.5 Å². The number of carboxylic acids is 1. The maximum Gasteiger partial charge on any atom is 0.309 e. The molecule has 1 saturated heterocycles. The van der Waals surface area contributed by atoms with Crippen LogP contribution in [0.3, 0.4) is 0 Å². The van der Waals surface area contributed by atoms with Crippen molar-refractivity contribution in [1.82, 2.24) is 4.90 Å². The van der Waals surface area contributed by atoms with Crippen LogP contribution in [0.2, 0.25) is 0 Å². The Morgan fingerprint density at radius 2 is 1.68 bits per heavy atom. The smallest absolute Gasteiger partial charge is 0.309 e. The molecule has 1 N–H and O–H groups in total. The summed E-state index contributed by atoms with van der Waals surface area (Å²) in [6.07, 6.45) is 6.90. The molecule has 140 valence electrons. The number of carboxylic acid groups (broad SMARTS) is 1. The van der Waals surface area contributed by atoms with Gasteiger partial charge >= 0.3 is 5.97 Å². The second kappa shape index (κ2) is 9.23. The second-order valence-corrected chi connectivity index (χ2v) is 7.80. The average molecular weight is 347 g/mol. The van der Waals surface area contributed by atoms with Crippen LogP contribution in [0.15, 0.2) is 12.1 Å². The molecule has 4 heteroatoms. The van der Waals surface area contributed by atoms with E-state index in [1.54, 1.807) is 0 Å². The lowest BCUT2D eigenvalue weighted by Gasteiger charge is -2.32. The van der Waals surface area contributed by atoms with Crippen LogP contribution in [-0.2, 0) is 4.79 Å². The predicted molar refractivity (Wildman–Crippen MR) is 101 cm³/mol. The first kappa shape index (κ1) is 19.8. The number of ether oxygens (including phenoxy) is 1. The zero-order valence-corrected chi connectivity index (χ0v) is 16.2. The molecule has 4 nitrogen and oxygen atoms in total. The number of likely N-dealkylation sites (tertiary alicyclic amines) is 1. The molecule has 0 amide bonds. The van der Waals surface area contributed by atoms with Crippen molar-refractivity contribution in [2.24, 2.45) is 11.8 Å². The molecule has 1 saturated carbocycles. The normalized spacial score (nSPS) is 18.9. The van der Waals surface area contributed by atoms with E-state index in [1.165, 1.54) is 48.8 Å². The highest BCUT2D eigenvalue weighted by molar-refractivity contribution is 5.71. The van der Waals surface area contributed by atoms with Crippen molar-refractivity contribution in [1.29, 1.82) is 0 Å². The van der Waals surface area contributed by atoms with Crippen molar-refractivity contribution in [3.63, 3.8) is 0 Å². The molecule has 1 aliphatic carbocycles. The van der Waals surface area contributed by atoms with Gasteiger partial charge in [0.1, 0.15) is 5.75 Å². The lowest BCUT2D eigenvalue weighted by Crippen LogP contribution is -2.47. The highest BCUT2D eigenvalue weighted by atomic mass is 16.5. The van der Waals surface area contributed by atoms with E-state index in [0.29, 0.717) is 0 Å². The van der Waals surface area contributed by atoms with Gasteiger partial charge in [-0.1, -0.05) is 37.0 Å². The molecule has 0 aromatic heterocycles. The Morgan fingerprint density at radius 3 is 2.12 bits per heavy atom. The van der Waals surface area contributed by atoms with Crippen LogP contribution in [0.25, 0.3) is 0 Å². The fourth-order valence-electron chi connectivity index (χ4n) is 3.80. The van der Waals surface area contributed by atoms with E-state index in [0.717, 1.165) is 31.4 Å². The molecule has 1 aromatic rings. The molecule has 2 fully saturated rings. The van der Waals surface area contributed by atoms with Gasteiger partial charge in [-0.15, -0.1) is 0 Å². The molecule has 2 aliphatic rings. The third kappa shape index (κ3) is 6.03. The quantitative estimate of drug-likeness (QED) is 0.887. The number of rotatable bonds is 4. The maximum atomic E-state index is 10.1. The van der Waals surface area contributed by atoms with E-state index in [1.807, 2.05) is 11.9 Å². The fourth-order valence-corrected chi connectivity index (χ4v) is 3.80. The summed E-state index contributed by atoms with van der Waals surface area (Å²) in [4.78, 5) is 12.1. The second-order valence-electron chi connectivity index (χ2n) is 7.80. The summed E-state index contributed by atoms with van der Waals surface area (Å²) in [5, 5.41) is 8.32. The number of aryl methyl sites for hydroxylation is 3. The molecule has 25 heavy (non-hydrogen) atoms. The van der Waals surface area contributed by atoms with Crippen LogP contribution in [-0.4, -0.2) is 42.7 Å². The number of hydrogen-bond donors (Lipinski definition) is 1. The van der Waals surface area contributed by atoms with Crippen LogP contribution in [0, 0.1) is 32.6 Å². The summed E-state index contributed by atoms with van der Waals surface area (Å²) in [6, 6.07) is 4.42. The molecule has 0 spiro atoms. The topological polar surface area (TPSA) is 49.8 Å². The molecular weight excluding hydrogens is 314 g/mol. The van der Waals surface area contributed by atoms with E-state index < -0.39 is 5.97 Å². The first-order valence-corrected chi connectivity index (χ1v) is 9.48. The summed E-state index contributed by atoms with van der Waals surface area (Å²) >= 11 is 0. The van der Waals surface area contributed by atoms with Gasteiger partial charge in [-0.05, 0) is 57.7 Å². The van der Waals surface area contributed by atoms with Gasteiger partial charge in [-0.3, -0.25) is 4.79 Å². The van der Waals surface area contributed by atoms with E-state index in [-0.39, 0.29) is 5.92 Å². The average Bonchev–Trinajstić information content (AvgIpc) is 2.52. The van der Waals surface area contributed by atoms with E-state index >= 15 is 0 Å². The predicted octanol–water partition coefficient (Wildman–Crippen LogP) is 4.20. The molecule has 1 aliphatic heterocycles. The van der Waals surface area contributed by atoms with Crippen LogP contribution in [0.4, 0.5) is 0 Å². The molecule has 0 bridgehead atoms. The van der Waals surface area contributed by atoms with Gasteiger partial charge in [0.15, 0.2) is 0 Å². The third-order valence-electron chi connectivity index (χ3n) is 5.21. The first-order valence-electron chi connectivity index (χ1n) is 9.48. The summed E-state index contributed by atoms with van der Waals surface area (Å²) in [5.74, 6) is 1.13. The Kier molecular flexibility index (Phi) is 7.30. The largest absolute Gasteiger partial charge is 0.493 e. The van der Waals surface area contributed by atoms with Crippen LogP contribution in [0.5, 0.6) is 5.75 Å². The number of aliphatic carboxylic acids is 1. The van der Waals surface area contributed by atoms with Crippen LogP contribution < -0.4 is 4.74 Å². The third-order valence-corrected chi connectivity index (χ3v) is 5.21. The van der Waals surface area contributed by atoms with Crippen molar-refractivity contribution in [3.8, 4) is 5.75 Å². The van der Waals surface area contributed by atoms with Gasteiger partial charge in [0.25, 0.3) is 0 Å². The summed E-state index contributed by atoms with van der Waals surface area (Å²) in [5.41, 5.74) is 3.88. The van der Waals surface area contributed by atoms with Crippen LogP contribution in [0.1, 0.15) is 48.8 Å². The molecule has 1 heterocycles. The molecule has 1 aromatic carbocycles. The minimum absolute atomic E-state index is 0.0972. The van der Waals surface area contributed by atoms with Gasteiger partial charge in [0.2, 0.25) is 0 Å². The highest BCUT2D eigenvalue weighted by Gasteiger charge is 2.29. The van der Waals surface area contributed by atoms with Crippen molar-refractivity contribution >= 4 is 5.97 Å². The zero-order chi connectivity index (χ0) is 18.4. The Bertz CT molecular complexity index is 549. The SMILES string of the molecule is CN1CC(C(=O)O)C1.Cc1cc(C)c(OCC2CCCCC2)c(C)c1. The van der Waals surface area contributed by atoms with Gasteiger partial charge < -0.3 is 14.7 Å². The Balaban J connectivity index is 0.000000236. The van der Waals surface area contributed by atoms with Crippen molar-refractivity contribution in [3.05, 3.63) is 28.8 Å². The Hall–Kier alpha value is -1.55. The number of carbonyl (C=O) groups is 1. The lowest BCUT2D eigenvalue weighted by atomic mass is 9.90. The molecular formula is C21H33NO3. The molecule has 0 unspecified atom stereocenters. The fraction of sp³-hybridized carbons (Fsp3) is 0.667. The first-order chi connectivity index (χ1) is 11.9.